The molecule has 41 heavy (non-hydrogen) atoms. The maximum atomic E-state index is 6.38. The quantitative estimate of drug-likeness (QED) is 0.158. The lowest BCUT2D eigenvalue weighted by atomic mass is 9.90. The van der Waals surface area contributed by atoms with Crippen LogP contribution in [0.25, 0.3) is 0 Å². The van der Waals surface area contributed by atoms with E-state index < -0.39 is 36.5 Å². The number of alkyl halides is 4. The first-order valence-corrected chi connectivity index (χ1v) is 15.7. The minimum absolute atomic E-state index is 0.0313. The van der Waals surface area contributed by atoms with Gasteiger partial charge in [-0.2, -0.15) is 0 Å². The van der Waals surface area contributed by atoms with E-state index in [2.05, 4.69) is 0 Å². The zero-order chi connectivity index (χ0) is 29.3. The molecule has 4 aliphatic rings. The van der Waals surface area contributed by atoms with Gasteiger partial charge in [-0.1, -0.05) is 0 Å². The molecule has 8 atom stereocenters. The van der Waals surface area contributed by atoms with Gasteiger partial charge in [0.2, 0.25) is 0 Å². The molecule has 0 spiro atoms. The van der Waals surface area contributed by atoms with Crippen LogP contribution in [0.2, 0.25) is 0 Å². The van der Waals surface area contributed by atoms with Crippen molar-refractivity contribution in [3.8, 4) is 0 Å². The number of ether oxygens (including phenoxy) is 12. The van der Waals surface area contributed by atoms with Crippen LogP contribution in [0.3, 0.4) is 0 Å². The van der Waals surface area contributed by atoms with Crippen LogP contribution in [0.1, 0.15) is 13.8 Å². The second kappa shape index (κ2) is 16.8. The molecule has 0 bridgehead atoms. The molecule has 0 aromatic heterocycles. The van der Waals surface area contributed by atoms with E-state index in [1.807, 2.05) is 13.8 Å². The summed E-state index contributed by atoms with van der Waals surface area (Å²) in [5.74, 6) is -0.519. The number of halogens is 4. The van der Waals surface area contributed by atoms with Gasteiger partial charge in [-0.05, 0) is 13.8 Å². The topological polar surface area (TPSA) is 111 Å². The van der Waals surface area contributed by atoms with Crippen molar-refractivity contribution >= 4 is 46.4 Å². The van der Waals surface area contributed by atoms with Gasteiger partial charge in [0.05, 0.1) is 93.0 Å². The Morgan fingerprint density at radius 3 is 1.15 bits per heavy atom. The third kappa shape index (κ3) is 9.83. The average molecular weight is 674 g/mol. The molecule has 0 aromatic rings. The first-order chi connectivity index (χ1) is 19.8. The number of rotatable bonds is 18. The molecular weight excluding hydrogens is 634 g/mol. The molecule has 0 aromatic carbocycles. The molecule has 8 unspecified atom stereocenters. The SMILES string of the molecule is CC(C)(COCC1OCC(CCl)O1)C(OCC1OCC(CCl)O1)(OCC1OCC(CCl)O1)OCC1OCC(CCl)O1. The lowest BCUT2D eigenvalue weighted by Gasteiger charge is -2.45. The summed E-state index contributed by atoms with van der Waals surface area (Å²) in [6.07, 6.45) is -3.52. The monoisotopic (exact) mass is 672 g/mol. The largest absolute Gasteiger partial charge is 0.375 e. The smallest absolute Gasteiger partial charge is 0.291 e. The first-order valence-electron chi connectivity index (χ1n) is 13.6. The van der Waals surface area contributed by atoms with Crippen molar-refractivity contribution in [2.45, 2.75) is 69.4 Å². The highest BCUT2D eigenvalue weighted by molar-refractivity contribution is 6.18. The molecule has 240 valence electrons. The van der Waals surface area contributed by atoms with Crippen LogP contribution in [-0.4, -0.2) is 139 Å². The van der Waals surface area contributed by atoms with Crippen LogP contribution in [-0.2, 0) is 56.8 Å². The predicted octanol–water partition coefficient (Wildman–Crippen LogP) is 2.65. The average Bonchev–Trinajstić information content (AvgIpc) is 3.79. The molecule has 0 saturated carbocycles. The van der Waals surface area contributed by atoms with Crippen molar-refractivity contribution in [1.29, 1.82) is 0 Å². The van der Waals surface area contributed by atoms with E-state index in [0.29, 0.717) is 49.9 Å². The fourth-order valence-corrected chi connectivity index (χ4v) is 5.10. The van der Waals surface area contributed by atoms with Gasteiger partial charge in [0, 0.05) is 0 Å². The number of hydrogen-bond donors (Lipinski definition) is 0. The molecule has 4 saturated heterocycles. The summed E-state index contributed by atoms with van der Waals surface area (Å²) in [6, 6.07) is 0. The Labute approximate surface area is 260 Å². The molecule has 16 heteroatoms. The van der Waals surface area contributed by atoms with Crippen LogP contribution in [0, 0.1) is 5.41 Å². The summed E-state index contributed by atoms with van der Waals surface area (Å²) in [5.41, 5.74) is -0.947. The van der Waals surface area contributed by atoms with Gasteiger partial charge in [-0.25, -0.2) is 0 Å². The molecule has 0 N–H and O–H groups in total. The van der Waals surface area contributed by atoms with E-state index >= 15 is 0 Å². The summed E-state index contributed by atoms with van der Waals surface area (Å²) in [5, 5.41) is 0. The van der Waals surface area contributed by atoms with Gasteiger partial charge in [-0.15, -0.1) is 46.4 Å². The van der Waals surface area contributed by atoms with Gasteiger partial charge < -0.3 is 56.8 Å². The summed E-state index contributed by atoms with van der Waals surface area (Å²) < 4.78 is 71.0. The fraction of sp³-hybridized carbons (Fsp3) is 1.00. The summed E-state index contributed by atoms with van der Waals surface area (Å²) in [7, 11) is 0. The van der Waals surface area contributed by atoms with E-state index in [1.165, 1.54) is 0 Å². The molecule has 4 rings (SSSR count). The third-order valence-electron chi connectivity index (χ3n) is 6.71. The highest BCUT2D eigenvalue weighted by atomic mass is 35.5. The Balaban J connectivity index is 1.47. The van der Waals surface area contributed by atoms with Crippen molar-refractivity contribution in [3.05, 3.63) is 0 Å². The van der Waals surface area contributed by atoms with Crippen molar-refractivity contribution in [2.24, 2.45) is 5.41 Å². The van der Waals surface area contributed by atoms with Crippen molar-refractivity contribution < 1.29 is 56.8 Å². The van der Waals surface area contributed by atoms with E-state index in [9.17, 15) is 0 Å². The van der Waals surface area contributed by atoms with Crippen molar-refractivity contribution in [1.82, 2.24) is 0 Å². The Bertz CT molecular complexity index is 706. The van der Waals surface area contributed by atoms with Crippen molar-refractivity contribution in [3.63, 3.8) is 0 Å². The minimum Gasteiger partial charge on any atom is -0.375 e. The highest BCUT2D eigenvalue weighted by Crippen LogP contribution is 2.39. The molecule has 4 aliphatic heterocycles. The summed E-state index contributed by atoms with van der Waals surface area (Å²) >= 11 is 23.7. The summed E-state index contributed by atoms with van der Waals surface area (Å²) in [6.45, 7) is 5.37. The van der Waals surface area contributed by atoms with Gasteiger partial charge in [0.1, 0.15) is 19.8 Å². The van der Waals surface area contributed by atoms with Gasteiger partial charge in [-0.3, -0.25) is 0 Å². The zero-order valence-electron chi connectivity index (χ0n) is 23.2. The molecule has 0 radical (unpaired) electrons. The van der Waals surface area contributed by atoms with E-state index in [1.54, 1.807) is 0 Å². The van der Waals surface area contributed by atoms with E-state index in [-0.39, 0.29) is 57.5 Å². The first kappa shape index (κ1) is 34.6. The van der Waals surface area contributed by atoms with Crippen molar-refractivity contribution in [2.75, 3.05) is 83.0 Å². The van der Waals surface area contributed by atoms with E-state index in [0.717, 1.165) is 0 Å². The second-order valence-electron chi connectivity index (χ2n) is 10.6. The zero-order valence-corrected chi connectivity index (χ0v) is 26.2. The van der Waals surface area contributed by atoms with Crippen LogP contribution in [0.4, 0.5) is 0 Å². The van der Waals surface area contributed by atoms with E-state index in [4.69, 9.17) is 103 Å². The van der Waals surface area contributed by atoms with Crippen LogP contribution < -0.4 is 0 Å². The van der Waals surface area contributed by atoms with Crippen LogP contribution in [0.5, 0.6) is 0 Å². The molecule has 4 heterocycles. The Kier molecular flexibility index (Phi) is 14.2. The normalized spacial score (nSPS) is 35.9. The molecular formula is C25H40Cl4O12. The van der Waals surface area contributed by atoms with Gasteiger partial charge in [0.15, 0.2) is 25.2 Å². The summed E-state index contributed by atoms with van der Waals surface area (Å²) in [4.78, 5) is 0. The lowest BCUT2D eigenvalue weighted by molar-refractivity contribution is -0.447. The molecule has 4 fully saturated rings. The Morgan fingerprint density at radius 2 is 0.854 bits per heavy atom. The lowest BCUT2D eigenvalue weighted by Crippen LogP contribution is -2.56. The maximum absolute atomic E-state index is 6.38. The molecule has 12 nitrogen and oxygen atoms in total. The van der Waals surface area contributed by atoms with Crippen LogP contribution >= 0.6 is 46.4 Å². The van der Waals surface area contributed by atoms with Crippen LogP contribution in [0.15, 0.2) is 0 Å². The van der Waals surface area contributed by atoms with Gasteiger partial charge >= 0.3 is 0 Å². The minimum atomic E-state index is -1.73. The maximum Gasteiger partial charge on any atom is 0.291 e. The molecule has 0 amide bonds. The predicted molar refractivity (Wildman–Crippen MR) is 147 cm³/mol. The second-order valence-corrected chi connectivity index (χ2v) is 11.8. The number of hydrogen-bond acceptors (Lipinski definition) is 12. The standard InChI is InChI=1S/C25H40Cl4O12/c1-24(2,15-30-11-20-31-7-16(3-26)38-20)25(35-12-21-32-8-17(4-27)39-21,36-13-22-33-9-18(5-28)40-22)37-14-23-34-10-19(6-29)41-23/h16-23H,3-15H2,1-2H3. The Hall–Kier alpha value is 0.680. The van der Waals surface area contributed by atoms with Gasteiger partial charge in [0.25, 0.3) is 5.97 Å². The fourth-order valence-electron chi connectivity index (χ4n) is 4.45. The Morgan fingerprint density at radius 1 is 0.537 bits per heavy atom. The third-order valence-corrected chi connectivity index (χ3v) is 8.09. The molecule has 0 aliphatic carbocycles. The highest BCUT2D eigenvalue weighted by Gasteiger charge is 2.52.